The van der Waals surface area contributed by atoms with E-state index >= 15 is 0 Å². The Morgan fingerprint density at radius 3 is 2.41 bits per heavy atom. The second kappa shape index (κ2) is 8.95. The molecule has 0 radical (unpaired) electrons. The summed E-state index contributed by atoms with van der Waals surface area (Å²) < 4.78 is 0. The van der Waals surface area contributed by atoms with Crippen LogP contribution < -0.4 is 11.1 Å². The third-order valence-corrected chi connectivity index (χ3v) is 2.75. The topological polar surface area (TPSA) is 113 Å². The minimum absolute atomic E-state index is 0.266. The monoisotopic (exact) mass is 246 g/mol. The fraction of sp³-hybridized carbons (Fsp3) is 0.818. The highest BCUT2D eigenvalue weighted by Crippen LogP contribution is 2.14. The van der Waals surface area contributed by atoms with Crippen molar-refractivity contribution in [2.75, 3.05) is 13.2 Å². The lowest BCUT2D eigenvalue weighted by Gasteiger charge is -2.15. The second-order valence-corrected chi connectivity index (χ2v) is 4.03. The molecule has 0 rings (SSSR count). The summed E-state index contributed by atoms with van der Waals surface area (Å²) in [7, 11) is 0. The molecule has 0 bridgehead atoms. The van der Waals surface area contributed by atoms with E-state index in [2.05, 4.69) is 5.32 Å². The normalized spacial score (nSPS) is 14.1. The van der Waals surface area contributed by atoms with Crippen molar-refractivity contribution in [3.8, 4) is 0 Å². The largest absolute Gasteiger partial charge is 0.480 e. The Hall–Kier alpha value is -1.14. The molecule has 5 N–H and O–H groups in total. The maximum Gasteiger partial charge on any atom is 0.328 e. The number of nitrogens with two attached hydrogens (primary N) is 1. The summed E-state index contributed by atoms with van der Waals surface area (Å²) in [6.45, 7) is 2.03. The van der Waals surface area contributed by atoms with E-state index in [1.807, 2.05) is 6.92 Å². The van der Waals surface area contributed by atoms with Crippen LogP contribution in [0.1, 0.15) is 32.6 Å². The van der Waals surface area contributed by atoms with Gasteiger partial charge in [-0.2, -0.15) is 0 Å². The van der Waals surface area contributed by atoms with Crippen LogP contribution in [0.4, 0.5) is 0 Å². The molecule has 0 aliphatic carbocycles. The molecule has 6 nitrogen and oxygen atoms in total. The molecule has 0 aliphatic heterocycles. The molecule has 0 spiro atoms. The number of rotatable bonds is 9. The first-order chi connectivity index (χ1) is 8.04. The number of carbonyl (C=O) groups is 2. The molecule has 0 saturated carbocycles. The van der Waals surface area contributed by atoms with Gasteiger partial charge in [0.05, 0.1) is 6.61 Å². The van der Waals surface area contributed by atoms with Crippen LogP contribution in [0.2, 0.25) is 0 Å². The molecule has 6 heteroatoms. The van der Waals surface area contributed by atoms with Gasteiger partial charge in [0.15, 0.2) is 0 Å². The zero-order valence-electron chi connectivity index (χ0n) is 10.2. The number of aliphatic carboxylic acids is 1. The molecule has 0 saturated heterocycles. The second-order valence-electron chi connectivity index (χ2n) is 4.03. The molecular weight excluding hydrogens is 224 g/mol. The SMILES string of the molecule is CCC(CCN)CCC(=O)N[C@H](CO)C(=O)O. The Morgan fingerprint density at radius 2 is 2.00 bits per heavy atom. The lowest BCUT2D eigenvalue weighted by molar-refractivity contribution is -0.143. The molecule has 17 heavy (non-hydrogen) atoms. The smallest absolute Gasteiger partial charge is 0.328 e. The average molecular weight is 246 g/mol. The number of carbonyl (C=O) groups excluding carboxylic acids is 1. The van der Waals surface area contributed by atoms with Gasteiger partial charge in [0.1, 0.15) is 6.04 Å². The standard InChI is InChI=1S/C11H22N2O4/c1-2-8(5-6-12)3-4-10(15)13-9(7-14)11(16)17/h8-9,14H,2-7,12H2,1H3,(H,13,15)(H,16,17)/t8?,9-/m1/s1. The lowest BCUT2D eigenvalue weighted by atomic mass is 9.96. The molecule has 1 unspecified atom stereocenters. The molecule has 2 atom stereocenters. The number of aliphatic hydroxyl groups is 1. The number of carboxylic acid groups (broad SMARTS) is 1. The first-order valence-corrected chi connectivity index (χ1v) is 5.88. The van der Waals surface area contributed by atoms with Crippen LogP contribution in [0, 0.1) is 5.92 Å². The highest BCUT2D eigenvalue weighted by molar-refractivity contribution is 5.83. The van der Waals surface area contributed by atoms with Gasteiger partial charge in [0.2, 0.25) is 5.91 Å². The van der Waals surface area contributed by atoms with Crippen LogP contribution >= 0.6 is 0 Å². The Labute approximate surface area is 101 Å². The van der Waals surface area contributed by atoms with Crippen molar-refractivity contribution in [2.24, 2.45) is 11.7 Å². The fourth-order valence-corrected chi connectivity index (χ4v) is 1.58. The number of nitrogens with one attached hydrogen (secondary N) is 1. The highest BCUT2D eigenvalue weighted by Gasteiger charge is 2.18. The predicted octanol–water partition coefficient (Wildman–Crippen LogP) is -0.297. The summed E-state index contributed by atoms with van der Waals surface area (Å²) in [5, 5.41) is 19.6. The third kappa shape index (κ3) is 6.91. The predicted molar refractivity (Wildman–Crippen MR) is 63.3 cm³/mol. The molecule has 0 aromatic rings. The van der Waals surface area contributed by atoms with Crippen molar-refractivity contribution in [2.45, 2.75) is 38.6 Å². The number of carboxylic acids is 1. The zero-order chi connectivity index (χ0) is 13.3. The van der Waals surface area contributed by atoms with E-state index in [-0.39, 0.29) is 12.3 Å². The van der Waals surface area contributed by atoms with Crippen LogP contribution in [-0.4, -0.2) is 41.3 Å². The summed E-state index contributed by atoms with van der Waals surface area (Å²) in [5.74, 6) is -1.18. The van der Waals surface area contributed by atoms with Gasteiger partial charge >= 0.3 is 5.97 Å². The van der Waals surface area contributed by atoms with Gasteiger partial charge in [-0.05, 0) is 25.3 Å². The Morgan fingerprint density at radius 1 is 1.35 bits per heavy atom. The van der Waals surface area contributed by atoms with Gasteiger partial charge in [-0.3, -0.25) is 4.79 Å². The molecule has 0 heterocycles. The summed E-state index contributed by atoms with van der Waals surface area (Å²) in [4.78, 5) is 22.0. The van der Waals surface area contributed by atoms with Gasteiger partial charge < -0.3 is 21.3 Å². The first-order valence-electron chi connectivity index (χ1n) is 5.88. The number of aliphatic hydroxyl groups excluding tert-OH is 1. The van der Waals surface area contributed by atoms with Crippen molar-refractivity contribution in [3.05, 3.63) is 0 Å². The minimum atomic E-state index is -1.23. The molecule has 1 amide bonds. The minimum Gasteiger partial charge on any atom is -0.480 e. The first kappa shape index (κ1) is 15.9. The van der Waals surface area contributed by atoms with Crippen molar-refractivity contribution >= 4 is 11.9 Å². The van der Waals surface area contributed by atoms with Crippen LogP contribution in [-0.2, 0) is 9.59 Å². The van der Waals surface area contributed by atoms with Gasteiger partial charge in [-0.1, -0.05) is 13.3 Å². The van der Waals surface area contributed by atoms with E-state index in [1.165, 1.54) is 0 Å². The Kier molecular flexibility index (Phi) is 8.35. The molecule has 0 fully saturated rings. The summed E-state index contributed by atoms with van der Waals surface area (Å²) in [6.07, 6.45) is 2.78. The van der Waals surface area contributed by atoms with Crippen molar-refractivity contribution in [1.29, 1.82) is 0 Å². The van der Waals surface area contributed by atoms with E-state index in [9.17, 15) is 9.59 Å². The van der Waals surface area contributed by atoms with Crippen LogP contribution in [0.3, 0.4) is 0 Å². The summed E-state index contributed by atoms with van der Waals surface area (Å²) in [6, 6.07) is -1.21. The third-order valence-electron chi connectivity index (χ3n) is 2.75. The average Bonchev–Trinajstić information content (AvgIpc) is 2.30. The number of hydrogen-bond donors (Lipinski definition) is 4. The van der Waals surface area contributed by atoms with Gasteiger partial charge in [0.25, 0.3) is 0 Å². The van der Waals surface area contributed by atoms with E-state index in [4.69, 9.17) is 15.9 Å². The molecule has 0 aliphatic rings. The molecule has 0 aromatic carbocycles. The van der Waals surface area contributed by atoms with E-state index in [0.29, 0.717) is 18.9 Å². The van der Waals surface area contributed by atoms with Crippen LogP contribution in [0.25, 0.3) is 0 Å². The van der Waals surface area contributed by atoms with E-state index in [0.717, 1.165) is 12.8 Å². The van der Waals surface area contributed by atoms with Gasteiger partial charge in [-0.15, -0.1) is 0 Å². The maximum atomic E-state index is 11.4. The van der Waals surface area contributed by atoms with Crippen LogP contribution in [0.15, 0.2) is 0 Å². The van der Waals surface area contributed by atoms with Gasteiger partial charge in [0, 0.05) is 6.42 Å². The molecular formula is C11H22N2O4. The lowest BCUT2D eigenvalue weighted by Crippen LogP contribution is -2.43. The Bertz CT molecular complexity index is 246. The Balaban J connectivity index is 3.96. The molecule has 0 aromatic heterocycles. The molecule has 100 valence electrons. The van der Waals surface area contributed by atoms with E-state index in [1.54, 1.807) is 0 Å². The van der Waals surface area contributed by atoms with E-state index < -0.39 is 18.6 Å². The fourth-order valence-electron chi connectivity index (χ4n) is 1.58. The summed E-state index contributed by atoms with van der Waals surface area (Å²) >= 11 is 0. The van der Waals surface area contributed by atoms with Gasteiger partial charge in [-0.25, -0.2) is 4.79 Å². The summed E-state index contributed by atoms with van der Waals surface area (Å²) in [5.41, 5.74) is 5.44. The zero-order valence-corrected chi connectivity index (χ0v) is 10.2. The quantitative estimate of drug-likeness (QED) is 0.446. The number of hydrogen-bond acceptors (Lipinski definition) is 4. The van der Waals surface area contributed by atoms with Crippen molar-refractivity contribution in [1.82, 2.24) is 5.32 Å². The van der Waals surface area contributed by atoms with Crippen LogP contribution in [0.5, 0.6) is 0 Å². The maximum absolute atomic E-state index is 11.4. The highest BCUT2D eigenvalue weighted by atomic mass is 16.4. The van der Waals surface area contributed by atoms with Crippen molar-refractivity contribution in [3.63, 3.8) is 0 Å². The van der Waals surface area contributed by atoms with Crippen molar-refractivity contribution < 1.29 is 19.8 Å². The number of amides is 1.